The lowest BCUT2D eigenvalue weighted by Gasteiger charge is -2.41. The van der Waals surface area contributed by atoms with E-state index >= 15 is 0 Å². The molecule has 5 heteroatoms. The second-order valence-corrected chi connectivity index (χ2v) is 7.56. The highest BCUT2D eigenvalue weighted by atomic mass is 16.6. The zero-order valence-corrected chi connectivity index (χ0v) is 17.5. The van der Waals surface area contributed by atoms with E-state index in [0.29, 0.717) is 37.5 Å². The Kier molecular flexibility index (Phi) is 11.4. The second-order valence-electron chi connectivity index (χ2n) is 7.56. The summed E-state index contributed by atoms with van der Waals surface area (Å²) >= 11 is 0. The average molecular weight is 372 g/mol. The Morgan fingerprint density at radius 3 is 2.69 bits per heavy atom. The van der Waals surface area contributed by atoms with Crippen LogP contribution in [-0.4, -0.2) is 43.2 Å². The van der Waals surface area contributed by atoms with Crippen molar-refractivity contribution in [2.24, 2.45) is 23.7 Å². The van der Waals surface area contributed by atoms with Crippen LogP contribution >= 0.6 is 0 Å². The zero-order valence-electron chi connectivity index (χ0n) is 17.5. The van der Waals surface area contributed by atoms with Crippen molar-refractivity contribution in [3.63, 3.8) is 0 Å². The predicted molar refractivity (Wildman–Crippen MR) is 105 cm³/mol. The molecular formula is C21H41NO4. The van der Waals surface area contributed by atoms with Crippen LogP contribution in [0.4, 0.5) is 0 Å². The van der Waals surface area contributed by atoms with Crippen molar-refractivity contribution < 1.29 is 19.4 Å². The van der Waals surface area contributed by atoms with Crippen LogP contribution in [0.25, 0.3) is 0 Å². The van der Waals surface area contributed by atoms with Crippen LogP contribution in [0.2, 0.25) is 0 Å². The highest BCUT2D eigenvalue weighted by Gasteiger charge is 2.40. The van der Waals surface area contributed by atoms with Gasteiger partial charge in [0.2, 0.25) is 5.91 Å². The standard InChI is InChI=1S/C19H35NO4.C2H6/c1-4-18(21)20-10-11-23-19(22)14(3)16-7-5-6-15-9-8-13(2)24-12-17(15)16;1-2/h13-17,19,22H,4-12H2,1-3H3,(H,20,21);1-2H3. The quantitative estimate of drug-likeness (QED) is 0.528. The summed E-state index contributed by atoms with van der Waals surface area (Å²) in [6.07, 6.45) is 6.14. The van der Waals surface area contributed by atoms with Gasteiger partial charge < -0.3 is 19.9 Å². The lowest BCUT2D eigenvalue weighted by molar-refractivity contribution is -0.155. The molecule has 1 saturated carbocycles. The molecule has 0 aromatic rings. The third-order valence-corrected chi connectivity index (χ3v) is 5.94. The summed E-state index contributed by atoms with van der Waals surface area (Å²) in [5, 5.41) is 13.2. The summed E-state index contributed by atoms with van der Waals surface area (Å²) in [5.74, 6) is 1.83. The van der Waals surface area contributed by atoms with Crippen molar-refractivity contribution in [1.29, 1.82) is 0 Å². The van der Waals surface area contributed by atoms with Crippen LogP contribution in [0.15, 0.2) is 0 Å². The van der Waals surface area contributed by atoms with Gasteiger partial charge in [-0.25, -0.2) is 0 Å². The molecule has 1 aliphatic carbocycles. The molecule has 0 radical (unpaired) electrons. The molecule has 2 N–H and O–H groups in total. The molecule has 26 heavy (non-hydrogen) atoms. The Morgan fingerprint density at radius 1 is 1.27 bits per heavy atom. The molecular weight excluding hydrogens is 330 g/mol. The molecule has 0 aromatic carbocycles. The Bertz CT molecular complexity index is 390. The number of aliphatic hydroxyl groups excluding tert-OH is 1. The first kappa shape index (κ1) is 23.4. The summed E-state index contributed by atoms with van der Waals surface area (Å²) in [4.78, 5) is 11.2. The minimum absolute atomic E-state index is 0.0148. The molecule has 2 fully saturated rings. The smallest absolute Gasteiger partial charge is 0.219 e. The van der Waals surface area contributed by atoms with Gasteiger partial charge in [-0.2, -0.15) is 0 Å². The fraction of sp³-hybridized carbons (Fsp3) is 0.952. The minimum atomic E-state index is -0.770. The number of ether oxygens (including phenoxy) is 2. The largest absolute Gasteiger partial charge is 0.378 e. The molecule has 154 valence electrons. The van der Waals surface area contributed by atoms with Gasteiger partial charge in [0.25, 0.3) is 0 Å². The van der Waals surface area contributed by atoms with E-state index in [0.717, 1.165) is 25.4 Å². The maximum absolute atomic E-state index is 11.2. The van der Waals surface area contributed by atoms with E-state index in [1.807, 2.05) is 20.8 Å². The van der Waals surface area contributed by atoms with Crippen LogP contribution in [-0.2, 0) is 14.3 Å². The van der Waals surface area contributed by atoms with E-state index in [9.17, 15) is 9.90 Å². The van der Waals surface area contributed by atoms with Gasteiger partial charge in [0.1, 0.15) is 0 Å². The van der Waals surface area contributed by atoms with E-state index in [2.05, 4.69) is 19.2 Å². The SMILES string of the molecule is CC.CCC(=O)NCCOC(O)C(C)C1CCCC2CCC(C)OCC21. The number of carbonyl (C=O) groups is 1. The van der Waals surface area contributed by atoms with Crippen LogP contribution < -0.4 is 5.32 Å². The number of aliphatic hydroxyl groups is 1. The number of amides is 1. The number of fused-ring (bicyclic) bond motifs is 1. The number of carbonyl (C=O) groups excluding carboxylic acids is 1. The molecule has 1 saturated heterocycles. The first-order valence-corrected chi connectivity index (χ1v) is 10.7. The summed E-state index contributed by atoms with van der Waals surface area (Å²) in [6.45, 7) is 11.7. The zero-order chi connectivity index (χ0) is 19.5. The van der Waals surface area contributed by atoms with E-state index in [1.54, 1.807) is 0 Å². The molecule has 1 aliphatic heterocycles. The number of hydrogen-bond acceptors (Lipinski definition) is 4. The van der Waals surface area contributed by atoms with Crippen molar-refractivity contribution in [1.82, 2.24) is 5.32 Å². The van der Waals surface area contributed by atoms with Gasteiger partial charge in [0.15, 0.2) is 6.29 Å². The van der Waals surface area contributed by atoms with Crippen molar-refractivity contribution in [3.8, 4) is 0 Å². The molecule has 0 aromatic heterocycles. The fourth-order valence-electron chi connectivity index (χ4n) is 4.33. The number of hydrogen-bond donors (Lipinski definition) is 2. The van der Waals surface area contributed by atoms with Crippen LogP contribution in [0.5, 0.6) is 0 Å². The molecule has 2 aliphatic rings. The molecule has 2 rings (SSSR count). The molecule has 0 bridgehead atoms. The summed E-state index contributed by atoms with van der Waals surface area (Å²) < 4.78 is 11.6. The molecule has 5 nitrogen and oxygen atoms in total. The molecule has 0 spiro atoms. The third-order valence-electron chi connectivity index (χ3n) is 5.94. The van der Waals surface area contributed by atoms with Gasteiger partial charge in [-0.15, -0.1) is 0 Å². The van der Waals surface area contributed by atoms with E-state index in [4.69, 9.17) is 9.47 Å². The highest BCUT2D eigenvalue weighted by molar-refractivity contribution is 5.75. The van der Waals surface area contributed by atoms with Crippen molar-refractivity contribution in [3.05, 3.63) is 0 Å². The van der Waals surface area contributed by atoms with Gasteiger partial charge in [0.05, 0.1) is 19.3 Å². The monoisotopic (exact) mass is 371 g/mol. The predicted octanol–water partition coefficient (Wildman–Crippen LogP) is 3.74. The molecule has 1 heterocycles. The normalized spacial score (nSPS) is 30.8. The number of rotatable bonds is 7. The maximum Gasteiger partial charge on any atom is 0.219 e. The van der Waals surface area contributed by atoms with Crippen molar-refractivity contribution in [2.75, 3.05) is 19.8 Å². The van der Waals surface area contributed by atoms with Crippen LogP contribution in [0, 0.1) is 23.7 Å². The van der Waals surface area contributed by atoms with Crippen molar-refractivity contribution >= 4 is 5.91 Å². The number of nitrogens with one attached hydrogen (secondary N) is 1. The summed E-state index contributed by atoms with van der Waals surface area (Å²) in [6, 6.07) is 0. The van der Waals surface area contributed by atoms with E-state index < -0.39 is 6.29 Å². The second kappa shape index (κ2) is 12.7. The molecule has 6 unspecified atom stereocenters. The summed E-state index contributed by atoms with van der Waals surface area (Å²) in [5.41, 5.74) is 0. The van der Waals surface area contributed by atoms with Gasteiger partial charge in [0, 0.05) is 18.9 Å². The molecule has 1 amide bonds. The van der Waals surface area contributed by atoms with Gasteiger partial charge in [-0.05, 0) is 43.9 Å². The van der Waals surface area contributed by atoms with E-state index in [1.165, 1.54) is 19.3 Å². The van der Waals surface area contributed by atoms with Crippen LogP contribution in [0.1, 0.15) is 73.1 Å². The highest BCUT2D eigenvalue weighted by Crippen LogP contribution is 2.44. The average Bonchev–Trinajstić information content (AvgIpc) is 2.87. The van der Waals surface area contributed by atoms with Crippen molar-refractivity contribution in [2.45, 2.75) is 85.5 Å². The van der Waals surface area contributed by atoms with E-state index in [-0.39, 0.29) is 11.8 Å². The Hall–Kier alpha value is -0.650. The van der Waals surface area contributed by atoms with Gasteiger partial charge in [-0.1, -0.05) is 40.5 Å². The lowest BCUT2D eigenvalue weighted by Crippen LogP contribution is -2.40. The van der Waals surface area contributed by atoms with Gasteiger partial charge in [-0.3, -0.25) is 4.79 Å². The Labute approximate surface area is 160 Å². The van der Waals surface area contributed by atoms with Crippen LogP contribution in [0.3, 0.4) is 0 Å². The Balaban J connectivity index is 0.00000163. The minimum Gasteiger partial charge on any atom is -0.378 e. The van der Waals surface area contributed by atoms with Gasteiger partial charge >= 0.3 is 0 Å². The summed E-state index contributed by atoms with van der Waals surface area (Å²) in [7, 11) is 0. The third kappa shape index (κ3) is 7.16. The lowest BCUT2D eigenvalue weighted by atomic mass is 9.66. The Morgan fingerprint density at radius 2 is 2.00 bits per heavy atom. The maximum atomic E-state index is 11.2. The first-order chi connectivity index (χ1) is 12.5. The topological polar surface area (TPSA) is 67.8 Å². The first-order valence-electron chi connectivity index (χ1n) is 10.7. The fourth-order valence-corrected chi connectivity index (χ4v) is 4.33. The molecule has 6 atom stereocenters.